The van der Waals surface area contributed by atoms with Gasteiger partial charge >= 0.3 is 6.18 Å². The zero-order chi connectivity index (χ0) is 16.9. The van der Waals surface area contributed by atoms with Crippen LogP contribution in [0.25, 0.3) is 10.2 Å². The van der Waals surface area contributed by atoms with Crippen molar-refractivity contribution < 1.29 is 18.3 Å². The molecule has 0 aliphatic carbocycles. The van der Waals surface area contributed by atoms with Crippen molar-refractivity contribution in [1.29, 1.82) is 0 Å². The number of aromatic nitrogens is 1. The van der Waals surface area contributed by atoms with Crippen LogP contribution < -0.4 is 5.32 Å². The third-order valence-corrected chi connectivity index (χ3v) is 5.39. The minimum Gasteiger partial charge on any atom is -0.384 e. The van der Waals surface area contributed by atoms with Gasteiger partial charge in [-0.3, -0.25) is 0 Å². The number of hydrogen-bond acceptors (Lipinski definition) is 4. The molecule has 1 aliphatic rings. The zero-order valence-electron chi connectivity index (χ0n) is 12.4. The third kappa shape index (κ3) is 2.19. The van der Waals surface area contributed by atoms with Gasteiger partial charge in [-0.05, 0) is 30.2 Å². The Balaban J connectivity index is 1.92. The Morgan fingerprint density at radius 3 is 2.67 bits per heavy atom. The second kappa shape index (κ2) is 5.19. The SMILES string of the molecule is OC(c1ccc2c(c1)CCN2)(c1nc2ccccc2s1)C(F)(F)F. The maximum atomic E-state index is 13.9. The van der Waals surface area contributed by atoms with E-state index in [4.69, 9.17) is 0 Å². The number of fused-ring (bicyclic) bond motifs is 2. The van der Waals surface area contributed by atoms with E-state index in [1.165, 1.54) is 12.1 Å². The lowest BCUT2D eigenvalue weighted by Gasteiger charge is -2.29. The molecule has 0 fully saturated rings. The van der Waals surface area contributed by atoms with E-state index in [0.29, 0.717) is 23.2 Å². The quantitative estimate of drug-likeness (QED) is 0.733. The van der Waals surface area contributed by atoms with Crippen molar-refractivity contribution >= 4 is 27.2 Å². The fourth-order valence-corrected chi connectivity index (χ4v) is 4.06. The van der Waals surface area contributed by atoms with Crippen molar-refractivity contribution in [2.75, 3.05) is 11.9 Å². The molecule has 0 saturated heterocycles. The lowest BCUT2D eigenvalue weighted by atomic mass is 9.91. The van der Waals surface area contributed by atoms with E-state index in [0.717, 1.165) is 22.6 Å². The fraction of sp³-hybridized carbons (Fsp3) is 0.235. The highest BCUT2D eigenvalue weighted by atomic mass is 32.1. The number of para-hydroxylation sites is 1. The molecule has 1 aromatic heterocycles. The van der Waals surface area contributed by atoms with Crippen molar-refractivity contribution in [2.24, 2.45) is 0 Å². The Kier molecular flexibility index (Phi) is 3.33. The van der Waals surface area contributed by atoms with Crippen molar-refractivity contribution in [1.82, 2.24) is 4.98 Å². The molecule has 3 aromatic rings. The summed E-state index contributed by atoms with van der Waals surface area (Å²) in [5, 5.41) is 13.5. The lowest BCUT2D eigenvalue weighted by molar-refractivity contribution is -0.248. The smallest absolute Gasteiger partial charge is 0.384 e. The summed E-state index contributed by atoms with van der Waals surface area (Å²) in [4.78, 5) is 4.05. The van der Waals surface area contributed by atoms with Crippen LogP contribution in [0.5, 0.6) is 0 Å². The zero-order valence-corrected chi connectivity index (χ0v) is 13.2. The number of nitrogens with one attached hydrogen (secondary N) is 1. The van der Waals surface area contributed by atoms with E-state index in [2.05, 4.69) is 10.3 Å². The van der Waals surface area contributed by atoms with Gasteiger partial charge in [0.25, 0.3) is 0 Å². The molecule has 0 radical (unpaired) electrons. The minimum atomic E-state index is -4.87. The maximum Gasteiger partial charge on any atom is 0.428 e. The molecule has 2 N–H and O–H groups in total. The van der Waals surface area contributed by atoms with Gasteiger partial charge in [0.1, 0.15) is 5.01 Å². The molecule has 2 heterocycles. The number of thiazole rings is 1. The molecule has 24 heavy (non-hydrogen) atoms. The fourth-order valence-electron chi connectivity index (χ4n) is 2.97. The predicted octanol–water partition coefficient (Wildman–Crippen LogP) is 4.06. The van der Waals surface area contributed by atoms with E-state index >= 15 is 0 Å². The maximum absolute atomic E-state index is 13.9. The van der Waals surface area contributed by atoms with Crippen LogP contribution in [-0.4, -0.2) is 22.8 Å². The van der Waals surface area contributed by atoms with Gasteiger partial charge < -0.3 is 10.4 Å². The summed E-state index contributed by atoms with van der Waals surface area (Å²) in [5.74, 6) is 0. The van der Waals surface area contributed by atoms with E-state index in [-0.39, 0.29) is 10.6 Å². The van der Waals surface area contributed by atoms with Gasteiger partial charge in [-0.25, -0.2) is 4.98 Å². The highest BCUT2D eigenvalue weighted by Crippen LogP contribution is 2.47. The number of alkyl halides is 3. The molecule has 3 nitrogen and oxygen atoms in total. The summed E-state index contributed by atoms with van der Waals surface area (Å²) in [6, 6.07) is 11.1. The minimum absolute atomic E-state index is 0.198. The van der Waals surface area contributed by atoms with Gasteiger partial charge in [0.2, 0.25) is 5.60 Å². The molecule has 7 heteroatoms. The van der Waals surface area contributed by atoms with Gasteiger partial charge in [-0.1, -0.05) is 24.3 Å². The first-order valence-electron chi connectivity index (χ1n) is 7.42. The van der Waals surface area contributed by atoms with Gasteiger partial charge in [0.05, 0.1) is 10.2 Å². The summed E-state index contributed by atoms with van der Waals surface area (Å²) in [5.41, 5.74) is -1.28. The number of nitrogens with zero attached hydrogens (tertiary/aromatic N) is 1. The molecule has 1 aliphatic heterocycles. The van der Waals surface area contributed by atoms with Crippen LogP contribution in [0.1, 0.15) is 16.1 Å². The average molecular weight is 350 g/mol. The normalized spacial score (nSPS) is 16.7. The molecule has 1 unspecified atom stereocenters. The van der Waals surface area contributed by atoms with E-state index in [1.54, 1.807) is 30.3 Å². The highest BCUT2D eigenvalue weighted by molar-refractivity contribution is 7.18. The van der Waals surface area contributed by atoms with E-state index < -0.39 is 11.8 Å². The molecule has 0 amide bonds. The van der Waals surface area contributed by atoms with Crippen molar-refractivity contribution in [3.05, 3.63) is 58.6 Å². The molecule has 4 rings (SSSR count). The van der Waals surface area contributed by atoms with E-state index in [9.17, 15) is 18.3 Å². The second-order valence-electron chi connectivity index (χ2n) is 5.74. The molecular formula is C17H13F3N2OS. The van der Waals surface area contributed by atoms with Crippen molar-refractivity contribution in [3.63, 3.8) is 0 Å². The Morgan fingerprint density at radius 2 is 1.92 bits per heavy atom. The number of aliphatic hydroxyl groups is 1. The molecule has 2 aromatic carbocycles. The van der Waals surface area contributed by atoms with Gasteiger partial charge in [0, 0.05) is 17.8 Å². The molecule has 0 spiro atoms. The van der Waals surface area contributed by atoms with Crippen LogP contribution in [0.4, 0.5) is 18.9 Å². The predicted molar refractivity (Wildman–Crippen MR) is 87.3 cm³/mol. The summed E-state index contributed by atoms with van der Waals surface area (Å²) in [7, 11) is 0. The van der Waals surface area contributed by atoms with Gasteiger partial charge in [0.15, 0.2) is 0 Å². The molecular weight excluding hydrogens is 337 g/mol. The van der Waals surface area contributed by atoms with Crippen molar-refractivity contribution in [2.45, 2.75) is 18.2 Å². The second-order valence-corrected chi connectivity index (χ2v) is 6.77. The third-order valence-electron chi connectivity index (χ3n) is 4.25. The molecule has 0 bridgehead atoms. The van der Waals surface area contributed by atoms with E-state index in [1.807, 2.05) is 0 Å². The summed E-state index contributed by atoms with van der Waals surface area (Å²) in [6.07, 6.45) is -4.24. The number of hydrogen-bond donors (Lipinski definition) is 2. The summed E-state index contributed by atoms with van der Waals surface area (Å²) >= 11 is 0.862. The van der Waals surface area contributed by atoms with Crippen LogP contribution >= 0.6 is 11.3 Å². The van der Waals surface area contributed by atoms with Gasteiger partial charge in [-0.15, -0.1) is 11.3 Å². The highest BCUT2D eigenvalue weighted by Gasteiger charge is 2.58. The monoisotopic (exact) mass is 350 g/mol. The Labute approximate surface area is 139 Å². The summed E-state index contributed by atoms with van der Waals surface area (Å²) in [6.45, 7) is 0.685. The first kappa shape index (κ1) is 15.4. The molecule has 1 atom stereocenters. The number of rotatable bonds is 2. The Morgan fingerprint density at radius 1 is 1.12 bits per heavy atom. The number of anilines is 1. The van der Waals surface area contributed by atoms with Crippen molar-refractivity contribution in [3.8, 4) is 0 Å². The van der Waals surface area contributed by atoms with Gasteiger partial charge in [-0.2, -0.15) is 13.2 Å². The molecule has 124 valence electrons. The largest absolute Gasteiger partial charge is 0.428 e. The first-order chi connectivity index (χ1) is 11.4. The standard InChI is InChI=1S/C17H13F3N2OS/c18-17(19,20)16(23,11-5-6-12-10(9-11)7-8-21-12)15-22-13-3-1-2-4-14(13)24-15/h1-6,9,21,23H,7-8H2. The van der Waals surface area contributed by atoms with Crippen LogP contribution in [-0.2, 0) is 12.0 Å². The topological polar surface area (TPSA) is 45.1 Å². The summed E-state index contributed by atoms with van der Waals surface area (Å²) < 4.78 is 42.2. The van der Waals surface area contributed by atoms with Crippen LogP contribution in [0.2, 0.25) is 0 Å². The van der Waals surface area contributed by atoms with Crippen LogP contribution in [0.15, 0.2) is 42.5 Å². The van der Waals surface area contributed by atoms with Crippen LogP contribution in [0, 0.1) is 0 Å². The lowest BCUT2D eigenvalue weighted by Crippen LogP contribution is -2.43. The molecule has 0 saturated carbocycles. The Bertz CT molecular complexity index is 889. The average Bonchev–Trinajstić information content (AvgIpc) is 3.18. The Hall–Kier alpha value is -2.12. The first-order valence-corrected chi connectivity index (χ1v) is 8.24. The van der Waals surface area contributed by atoms with Crippen LogP contribution in [0.3, 0.4) is 0 Å². The number of benzene rings is 2. The number of halogens is 3.